The molecular weight excluding hydrogens is 232 g/mol. The van der Waals surface area contributed by atoms with Gasteiger partial charge in [0.05, 0.1) is 0 Å². The van der Waals surface area contributed by atoms with Crippen molar-refractivity contribution in [2.75, 3.05) is 18.5 Å². The number of aryl methyl sites for hydroxylation is 1. The average molecular weight is 262 g/mol. The summed E-state index contributed by atoms with van der Waals surface area (Å²) in [5, 5.41) is 3.47. The van der Waals surface area contributed by atoms with Crippen molar-refractivity contribution in [2.24, 2.45) is 5.92 Å². The highest BCUT2D eigenvalue weighted by Gasteiger charge is 2.08. The molecule has 2 heteroatoms. The van der Waals surface area contributed by atoms with Crippen LogP contribution in [0.4, 0.5) is 5.69 Å². The molecule has 19 heavy (non-hydrogen) atoms. The second kappa shape index (κ2) is 7.54. The highest BCUT2D eigenvalue weighted by Crippen LogP contribution is 2.21. The summed E-state index contributed by atoms with van der Waals surface area (Å²) in [6.45, 7) is 13.2. The van der Waals surface area contributed by atoms with Gasteiger partial charge in [0.15, 0.2) is 0 Å². The fraction of sp³-hybridized carbons (Fsp3) is 0.647. The van der Waals surface area contributed by atoms with Gasteiger partial charge in [-0.3, -0.25) is 0 Å². The number of nitrogens with zero attached hydrogens (tertiary/aromatic N) is 1. The molecular formula is C17H30N2. The van der Waals surface area contributed by atoms with Gasteiger partial charge in [0.2, 0.25) is 0 Å². The number of anilines is 1. The minimum absolute atomic E-state index is 0.535. The molecule has 0 aromatic heterocycles. The summed E-state index contributed by atoms with van der Waals surface area (Å²) in [4.78, 5) is 2.38. The maximum Gasteiger partial charge on any atom is 0.0393 e. The van der Waals surface area contributed by atoms with E-state index in [0.717, 1.165) is 19.0 Å². The van der Waals surface area contributed by atoms with E-state index in [0.29, 0.717) is 6.04 Å². The Balaban J connectivity index is 2.71. The van der Waals surface area contributed by atoms with Crippen LogP contribution in [0.5, 0.6) is 0 Å². The molecule has 0 aliphatic rings. The molecule has 1 atom stereocenters. The first-order chi connectivity index (χ1) is 8.93. The van der Waals surface area contributed by atoms with E-state index in [9.17, 15) is 0 Å². The van der Waals surface area contributed by atoms with Crippen LogP contribution in [0.3, 0.4) is 0 Å². The highest BCUT2D eigenvalue weighted by molar-refractivity contribution is 5.53. The zero-order valence-corrected chi connectivity index (χ0v) is 13.5. The molecule has 1 aromatic rings. The summed E-state index contributed by atoms with van der Waals surface area (Å²) in [6.07, 6.45) is 1.24. The van der Waals surface area contributed by atoms with Crippen LogP contribution in [0.15, 0.2) is 18.2 Å². The molecule has 1 unspecified atom stereocenters. The van der Waals surface area contributed by atoms with Crippen LogP contribution in [0, 0.1) is 12.8 Å². The normalized spacial score (nSPS) is 12.8. The molecule has 0 radical (unpaired) electrons. The topological polar surface area (TPSA) is 15.3 Å². The smallest absolute Gasteiger partial charge is 0.0393 e. The molecule has 2 nitrogen and oxygen atoms in total. The predicted molar refractivity (Wildman–Crippen MR) is 85.9 cm³/mol. The molecule has 0 aliphatic carbocycles. The Morgan fingerprint density at radius 3 is 2.42 bits per heavy atom. The molecule has 0 spiro atoms. The predicted octanol–water partition coefficient (Wildman–Crippen LogP) is 3.98. The molecule has 1 rings (SSSR count). The molecule has 0 aliphatic heterocycles. The maximum atomic E-state index is 3.47. The van der Waals surface area contributed by atoms with E-state index >= 15 is 0 Å². The Labute approximate surface area is 119 Å². The van der Waals surface area contributed by atoms with Crippen molar-refractivity contribution < 1.29 is 0 Å². The molecule has 0 amide bonds. The molecule has 1 N–H and O–H groups in total. The van der Waals surface area contributed by atoms with Gasteiger partial charge in [0, 0.05) is 31.9 Å². The summed E-state index contributed by atoms with van der Waals surface area (Å²) in [6, 6.07) is 7.34. The van der Waals surface area contributed by atoms with E-state index in [2.05, 4.69) is 70.1 Å². The van der Waals surface area contributed by atoms with E-state index in [-0.39, 0.29) is 0 Å². The second-order valence-electron chi connectivity index (χ2n) is 6.05. The average Bonchev–Trinajstić information content (AvgIpc) is 2.35. The highest BCUT2D eigenvalue weighted by atomic mass is 15.1. The zero-order valence-electron chi connectivity index (χ0n) is 13.5. The maximum absolute atomic E-state index is 3.47. The van der Waals surface area contributed by atoms with Crippen molar-refractivity contribution >= 4 is 5.69 Å². The van der Waals surface area contributed by atoms with Crippen molar-refractivity contribution in [3.8, 4) is 0 Å². The van der Waals surface area contributed by atoms with Crippen molar-refractivity contribution in [1.82, 2.24) is 5.32 Å². The summed E-state index contributed by atoms with van der Waals surface area (Å²) in [7, 11) is 2.19. The van der Waals surface area contributed by atoms with Gasteiger partial charge in [-0.2, -0.15) is 0 Å². The molecule has 0 bridgehead atoms. The monoisotopic (exact) mass is 262 g/mol. The van der Waals surface area contributed by atoms with Crippen molar-refractivity contribution in [2.45, 2.75) is 53.6 Å². The quantitative estimate of drug-likeness (QED) is 0.799. The minimum Gasteiger partial charge on any atom is -0.374 e. The molecule has 108 valence electrons. The first kappa shape index (κ1) is 16.0. The molecule has 0 saturated heterocycles. The third-order valence-corrected chi connectivity index (χ3v) is 3.67. The standard InChI is InChI=1S/C17H30N2/c1-7-14(4)12-19(6)17-9-8-16(10-15(17)5)11-18-13(2)3/h8-10,13-14,18H,7,11-12H2,1-6H3. The van der Waals surface area contributed by atoms with Crippen LogP contribution in [0.25, 0.3) is 0 Å². The third kappa shape index (κ3) is 5.23. The largest absolute Gasteiger partial charge is 0.374 e. The summed E-state index contributed by atoms with van der Waals surface area (Å²) >= 11 is 0. The number of rotatable bonds is 7. The Morgan fingerprint density at radius 1 is 1.21 bits per heavy atom. The molecule has 1 aromatic carbocycles. The van der Waals surface area contributed by atoms with Gasteiger partial charge in [-0.25, -0.2) is 0 Å². The zero-order chi connectivity index (χ0) is 14.4. The van der Waals surface area contributed by atoms with Crippen molar-refractivity contribution in [3.05, 3.63) is 29.3 Å². The lowest BCUT2D eigenvalue weighted by molar-refractivity contribution is 0.559. The first-order valence-electron chi connectivity index (χ1n) is 7.48. The minimum atomic E-state index is 0.535. The van der Waals surface area contributed by atoms with E-state index < -0.39 is 0 Å². The molecule has 0 heterocycles. The fourth-order valence-corrected chi connectivity index (χ4v) is 2.27. The summed E-state index contributed by atoms with van der Waals surface area (Å²) < 4.78 is 0. The molecule has 0 saturated carbocycles. The van der Waals surface area contributed by atoms with E-state index in [4.69, 9.17) is 0 Å². The number of hydrogen-bond acceptors (Lipinski definition) is 2. The van der Waals surface area contributed by atoms with E-state index in [1.165, 1.54) is 23.2 Å². The number of benzene rings is 1. The van der Waals surface area contributed by atoms with Gasteiger partial charge in [0.1, 0.15) is 0 Å². The van der Waals surface area contributed by atoms with E-state index in [1.807, 2.05) is 0 Å². The lowest BCUT2D eigenvalue weighted by Crippen LogP contribution is -2.25. The third-order valence-electron chi connectivity index (χ3n) is 3.67. The Kier molecular flexibility index (Phi) is 6.36. The second-order valence-corrected chi connectivity index (χ2v) is 6.05. The van der Waals surface area contributed by atoms with Crippen LogP contribution in [0.2, 0.25) is 0 Å². The van der Waals surface area contributed by atoms with Gasteiger partial charge < -0.3 is 10.2 Å². The van der Waals surface area contributed by atoms with Crippen LogP contribution in [0.1, 0.15) is 45.2 Å². The van der Waals surface area contributed by atoms with Gasteiger partial charge >= 0.3 is 0 Å². The van der Waals surface area contributed by atoms with E-state index in [1.54, 1.807) is 0 Å². The van der Waals surface area contributed by atoms with Crippen LogP contribution in [-0.2, 0) is 6.54 Å². The Hall–Kier alpha value is -1.02. The van der Waals surface area contributed by atoms with Crippen LogP contribution in [-0.4, -0.2) is 19.6 Å². The van der Waals surface area contributed by atoms with Gasteiger partial charge in [-0.05, 0) is 30.0 Å². The Bertz CT molecular complexity index is 385. The Morgan fingerprint density at radius 2 is 1.89 bits per heavy atom. The lowest BCUT2D eigenvalue weighted by Gasteiger charge is -2.25. The SMILES string of the molecule is CCC(C)CN(C)c1ccc(CNC(C)C)cc1C. The van der Waals surface area contributed by atoms with Crippen LogP contribution < -0.4 is 10.2 Å². The number of nitrogens with one attached hydrogen (secondary N) is 1. The van der Waals surface area contributed by atoms with Crippen LogP contribution >= 0.6 is 0 Å². The fourth-order valence-electron chi connectivity index (χ4n) is 2.27. The lowest BCUT2D eigenvalue weighted by atomic mass is 10.1. The molecule has 0 fully saturated rings. The van der Waals surface area contributed by atoms with Crippen molar-refractivity contribution in [1.29, 1.82) is 0 Å². The number of hydrogen-bond donors (Lipinski definition) is 1. The summed E-state index contributed by atoms with van der Waals surface area (Å²) in [5.41, 5.74) is 4.09. The van der Waals surface area contributed by atoms with Gasteiger partial charge in [-0.15, -0.1) is 0 Å². The first-order valence-corrected chi connectivity index (χ1v) is 7.48. The van der Waals surface area contributed by atoms with Crippen molar-refractivity contribution in [3.63, 3.8) is 0 Å². The summed E-state index contributed by atoms with van der Waals surface area (Å²) in [5.74, 6) is 0.742. The van der Waals surface area contributed by atoms with Gasteiger partial charge in [0.25, 0.3) is 0 Å². The van der Waals surface area contributed by atoms with Gasteiger partial charge in [-0.1, -0.05) is 46.2 Å².